The predicted molar refractivity (Wildman–Crippen MR) is 126 cm³/mol. The largest absolute Gasteiger partial charge is 0.456 e. The van der Waals surface area contributed by atoms with E-state index >= 15 is 0 Å². The van der Waals surface area contributed by atoms with Gasteiger partial charge in [0.25, 0.3) is 5.69 Å². The summed E-state index contributed by atoms with van der Waals surface area (Å²) in [6, 6.07) is 5.06. The molecule has 0 aliphatic rings. The molecule has 0 aliphatic heterocycles. The lowest BCUT2D eigenvalue weighted by Gasteiger charge is -2.11. The normalized spacial score (nSPS) is 11.5. The number of anilines is 1. The van der Waals surface area contributed by atoms with Crippen molar-refractivity contribution in [1.29, 1.82) is 0 Å². The average molecular weight is 495 g/mol. The lowest BCUT2D eigenvalue weighted by Crippen LogP contribution is -2.31. The van der Waals surface area contributed by atoms with Gasteiger partial charge in [-0.05, 0) is 44.4 Å². The zero-order valence-corrected chi connectivity index (χ0v) is 20.7. The summed E-state index contributed by atoms with van der Waals surface area (Å²) >= 11 is 0. The van der Waals surface area contributed by atoms with Crippen molar-refractivity contribution in [3.05, 3.63) is 51.3 Å². The van der Waals surface area contributed by atoms with E-state index in [-0.39, 0.29) is 10.6 Å². The Labute approximate surface area is 198 Å². The molecule has 0 radical (unpaired) electrons. The Morgan fingerprint density at radius 3 is 2.47 bits per heavy atom. The highest BCUT2D eigenvalue weighted by molar-refractivity contribution is 7.89. The second-order valence-corrected chi connectivity index (χ2v) is 9.98. The monoisotopic (exact) mass is 494 g/mol. The van der Waals surface area contributed by atoms with E-state index in [2.05, 4.69) is 19.2 Å². The fourth-order valence-electron chi connectivity index (χ4n) is 3.37. The molecule has 1 aromatic heterocycles. The number of nitrogens with zero attached hydrogens (tertiary/aromatic N) is 2. The number of nitro benzene ring substituents is 1. The maximum atomic E-state index is 12.6. The number of aryl methyl sites for hydroxylation is 1. The van der Waals surface area contributed by atoms with E-state index in [1.54, 1.807) is 6.07 Å². The van der Waals surface area contributed by atoms with Crippen LogP contribution < -0.4 is 10.0 Å². The molecule has 0 unspecified atom stereocenters. The fraction of sp³-hybridized carbons (Fsp3) is 0.455. The number of nitro groups is 1. The maximum absolute atomic E-state index is 12.6. The Morgan fingerprint density at radius 2 is 1.88 bits per heavy atom. The highest BCUT2D eigenvalue weighted by Crippen LogP contribution is 2.27. The third-order valence-corrected chi connectivity index (χ3v) is 6.72. The van der Waals surface area contributed by atoms with Crippen molar-refractivity contribution in [2.45, 2.75) is 45.6 Å². The molecule has 0 saturated heterocycles. The lowest BCUT2D eigenvalue weighted by molar-refractivity contribution is -0.384. The third kappa shape index (κ3) is 6.64. The third-order valence-electron chi connectivity index (χ3n) is 5.32. The molecule has 1 aromatic carbocycles. The van der Waals surface area contributed by atoms with Crippen LogP contribution in [-0.2, 0) is 26.1 Å². The minimum Gasteiger partial charge on any atom is -0.456 e. The van der Waals surface area contributed by atoms with E-state index in [0.29, 0.717) is 11.5 Å². The van der Waals surface area contributed by atoms with Crippen LogP contribution in [0, 0.1) is 29.9 Å². The van der Waals surface area contributed by atoms with Crippen LogP contribution in [0.15, 0.2) is 29.2 Å². The van der Waals surface area contributed by atoms with Crippen molar-refractivity contribution < 1.29 is 27.7 Å². The number of benzene rings is 1. The number of hydrogen-bond acceptors (Lipinski definition) is 8. The maximum Gasteiger partial charge on any atom is 0.321 e. The molecule has 186 valence electrons. The Kier molecular flexibility index (Phi) is 8.93. The van der Waals surface area contributed by atoms with E-state index in [4.69, 9.17) is 4.74 Å². The first-order valence-electron chi connectivity index (χ1n) is 10.7. The molecule has 0 fully saturated rings. The van der Waals surface area contributed by atoms with Gasteiger partial charge in [0.15, 0.2) is 6.61 Å². The van der Waals surface area contributed by atoms with Gasteiger partial charge >= 0.3 is 5.97 Å². The van der Waals surface area contributed by atoms with E-state index in [0.717, 1.165) is 30.4 Å². The summed E-state index contributed by atoms with van der Waals surface area (Å²) in [7, 11) is -2.75. The summed E-state index contributed by atoms with van der Waals surface area (Å²) in [6.07, 6.45) is 0.958. The fourth-order valence-corrected chi connectivity index (χ4v) is 4.36. The number of nitrogens with one attached hydrogen (secondary N) is 2. The Bertz CT molecular complexity index is 1190. The molecular weight excluding hydrogens is 464 g/mol. The van der Waals surface area contributed by atoms with Gasteiger partial charge in [-0.15, -0.1) is 0 Å². The molecule has 12 heteroatoms. The number of carbonyl (C=O) groups excluding carboxylic acids is 2. The second kappa shape index (κ2) is 11.3. The number of hydrogen-bond donors (Lipinski definition) is 2. The molecule has 11 nitrogen and oxygen atoms in total. The van der Waals surface area contributed by atoms with Gasteiger partial charge in [0.1, 0.15) is 12.2 Å². The van der Waals surface area contributed by atoms with Crippen molar-refractivity contribution in [2.75, 3.05) is 25.5 Å². The molecule has 0 saturated carbocycles. The molecule has 2 rings (SSSR count). The quantitative estimate of drug-likeness (QED) is 0.198. The first kappa shape index (κ1) is 27.0. The molecule has 0 bridgehead atoms. The highest BCUT2D eigenvalue weighted by Gasteiger charge is 2.23. The number of esters is 1. The zero-order valence-electron chi connectivity index (χ0n) is 19.9. The smallest absolute Gasteiger partial charge is 0.321 e. The summed E-state index contributed by atoms with van der Waals surface area (Å²) in [4.78, 5) is 34.7. The van der Waals surface area contributed by atoms with E-state index in [9.17, 15) is 28.1 Å². The standard InChI is InChI=1S/C22H30N4O7S/c1-14(2)8-9-25-15(3)10-18(16(25)4)21(27)13-33-22(28)12-24-34(31,32)17-6-7-19(23-5)20(11-17)26(29)30/h6-7,10-11,14,23-24H,8-9,12-13H2,1-5H3. The van der Waals surface area contributed by atoms with Gasteiger partial charge in [-0.3, -0.25) is 19.7 Å². The van der Waals surface area contributed by atoms with Gasteiger partial charge in [-0.2, -0.15) is 4.72 Å². The number of ether oxygens (including phenoxy) is 1. The van der Waals surface area contributed by atoms with Crippen LogP contribution in [0.2, 0.25) is 0 Å². The zero-order chi connectivity index (χ0) is 25.6. The molecule has 2 N–H and O–H groups in total. The van der Waals surface area contributed by atoms with Crippen LogP contribution in [0.3, 0.4) is 0 Å². The van der Waals surface area contributed by atoms with Gasteiger partial charge < -0.3 is 14.6 Å². The summed E-state index contributed by atoms with van der Waals surface area (Å²) in [6.45, 7) is 7.48. The van der Waals surface area contributed by atoms with Crippen LogP contribution in [0.5, 0.6) is 0 Å². The van der Waals surface area contributed by atoms with Crippen LogP contribution in [-0.4, -0.2) is 49.9 Å². The Balaban J connectivity index is 1.98. The Hall–Kier alpha value is -3.25. The molecular formula is C22H30N4O7S. The minimum atomic E-state index is -4.22. The van der Waals surface area contributed by atoms with Crippen molar-refractivity contribution in [2.24, 2.45) is 5.92 Å². The molecule has 0 aliphatic carbocycles. The van der Waals surface area contributed by atoms with Crippen LogP contribution in [0.25, 0.3) is 0 Å². The van der Waals surface area contributed by atoms with Gasteiger partial charge in [-0.25, -0.2) is 8.42 Å². The number of carbonyl (C=O) groups is 2. The van der Waals surface area contributed by atoms with Crippen LogP contribution in [0.1, 0.15) is 42.0 Å². The number of aromatic nitrogens is 1. The molecule has 34 heavy (non-hydrogen) atoms. The van der Waals surface area contributed by atoms with Gasteiger partial charge in [0.2, 0.25) is 15.8 Å². The van der Waals surface area contributed by atoms with E-state index < -0.39 is 45.5 Å². The van der Waals surface area contributed by atoms with Crippen LogP contribution in [0.4, 0.5) is 11.4 Å². The molecule has 1 heterocycles. The minimum absolute atomic E-state index is 0.144. The average Bonchev–Trinajstić information content (AvgIpc) is 3.07. The lowest BCUT2D eigenvalue weighted by atomic mass is 10.1. The molecule has 0 atom stereocenters. The van der Waals surface area contributed by atoms with E-state index in [1.807, 2.05) is 23.1 Å². The first-order chi connectivity index (χ1) is 15.9. The summed E-state index contributed by atoms with van der Waals surface area (Å²) in [5.41, 5.74) is 1.88. The summed E-state index contributed by atoms with van der Waals surface area (Å²) < 4.78 is 33.9. The SMILES string of the molecule is CNc1ccc(S(=O)(=O)NCC(=O)OCC(=O)c2cc(C)n(CCC(C)C)c2C)cc1[N+](=O)[O-]. The summed E-state index contributed by atoms with van der Waals surface area (Å²) in [5.74, 6) is -0.831. The molecule has 0 amide bonds. The van der Waals surface area contributed by atoms with Crippen LogP contribution >= 0.6 is 0 Å². The Morgan fingerprint density at radius 1 is 1.21 bits per heavy atom. The second-order valence-electron chi connectivity index (χ2n) is 8.21. The van der Waals surface area contributed by atoms with Crippen molar-refractivity contribution in [3.63, 3.8) is 0 Å². The number of sulfonamides is 1. The van der Waals surface area contributed by atoms with E-state index in [1.165, 1.54) is 19.2 Å². The van der Waals surface area contributed by atoms with Crippen molar-refractivity contribution in [3.8, 4) is 0 Å². The van der Waals surface area contributed by atoms with Crippen molar-refractivity contribution in [1.82, 2.24) is 9.29 Å². The predicted octanol–water partition coefficient (Wildman–Crippen LogP) is 2.81. The van der Waals surface area contributed by atoms with Gasteiger partial charge in [-0.1, -0.05) is 13.8 Å². The molecule has 2 aromatic rings. The van der Waals surface area contributed by atoms with Gasteiger partial charge in [0, 0.05) is 36.6 Å². The van der Waals surface area contributed by atoms with Gasteiger partial charge in [0.05, 0.1) is 9.82 Å². The topological polar surface area (TPSA) is 150 Å². The number of rotatable bonds is 12. The number of ketones is 1. The summed E-state index contributed by atoms with van der Waals surface area (Å²) in [5, 5.41) is 13.8. The van der Waals surface area contributed by atoms with Crippen molar-refractivity contribution >= 4 is 33.2 Å². The first-order valence-corrected chi connectivity index (χ1v) is 12.2. The number of Topliss-reactive ketones (excluding diaryl/α,β-unsaturated/α-hetero) is 1. The highest BCUT2D eigenvalue weighted by atomic mass is 32.2. The molecule has 0 spiro atoms.